The van der Waals surface area contributed by atoms with Gasteiger partial charge in [-0.1, -0.05) is 0 Å². The average molecular weight is 440 g/mol. The Bertz CT molecular complexity index is 970. The molecule has 1 saturated carbocycles. The van der Waals surface area contributed by atoms with Crippen molar-refractivity contribution in [1.29, 1.82) is 0 Å². The number of pyridine rings is 1. The topological polar surface area (TPSA) is 72.9 Å². The van der Waals surface area contributed by atoms with Crippen molar-refractivity contribution in [3.8, 4) is 11.5 Å². The first-order valence-electron chi connectivity index (χ1n) is 12.0. The van der Waals surface area contributed by atoms with Crippen molar-refractivity contribution in [1.82, 2.24) is 9.88 Å². The van der Waals surface area contributed by atoms with E-state index in [0.717, 1.165) is 53.7 Å². The number of benzene rings is 1. The highest BCUT2D eigenvalue weighted by Crippen LogP contribution is 2.44. The summed E-state index contributed by atoms with van der Waals surface area (Å²) in [5.74, 6) is 2.34. The highest BCUT2D eigenvalue weighted by Gasteiger charge is 2.31. The third kappa shape index (κ3) is 4.22. The van der Waals surface area contributed by atoms with E-state index in [0.29, 0.717) is 30.6 Å². The molecule has 3 aliphatic rings. The van der Waals surface area contributed by atoms with Crippen LogP contribution in [0.2, 0.25) is 0 Å². The van der Waals surface area contributed by atoms with Crippen molar-refractivity contribution in [2.75, 3.05) is 38.7 Å². The lowest BCUT2D eigenvalue weighted by Crippen LogP contribution is -2.28. The Morgan fingerprint density at radius 2 is 2.00 bits per heavy atom. The van der Waals surface area contributed by atoms with Crippen LogP contribution in [-0.2, 0) is 16.0 Å². The van der Waals surface area contributed by atoms with Gasteiger partial charge in [-0.3, -0.25) is 4.79 Å². The second kappa shape index (κ2) is 9.53. The normalized spacial score (nSPS) is 20.7. The molecule has 1 N–H and O–H groups in total. The fourth-order valence-electron chi connectivity index (χ4n) is 5.19. The van der Waals surface area contributed by atoms with Gasteiger partial charge in [0.1, 0.15) is 11.9 Å². The number of rotatable bonds is 10. The number of anilines is 1. The number of carbonyl (C=O) groups excluding carboxylic acids is 1. The van der Waals surface area contributed by atoms with Gasteiger partial charge in [0.2, 0.25) is 0 Å². The molecule has 32 heavy (non-hydrogen) atoms. The van der Waals surface area contributed by atoms with E-state index in [2.05, 4.69) is 10.2 Å². The Kier molecular flexibility index (Phi) is 6.35. The smallest absolute Gasteiger partial charge is 0.293 e. The zero-order chi connectivity index (χ0) is 21.9. The van der Waals surface area contributed by atoms with Crippen LogP contribution in [0.1, 0.15) is 62.2 Å². The summed E-state index contributed by atoms with van der Waals surface area (Å²) in [7, 11) is 1.66. The van der Waals surface area contributed by atoms with Crippen LogP contribution in [0.3, 0.4) is 0 Å². The molecule has 172 valence electrons. The molecule has 7 heteroatoms. The van der Waals surface area contributed by atoms with Crippen LogP contribution in [-0.4, -0.2) is 55.7 Å². The summed E-state index contributed by atoms with van der Waals surface area (Å²) < 4.78 is 17.3. The fraction of sp³-hybridized carbons (Fsp3) is 0.600. The van der Waals surface area contributed by atoms with E-state index in [1.165, 1.54) is 45.2 Å². The van der Waals surface area contributed by atoms with Crippen molar-refractivity contribution in [2.24, 2.45) is 0 Å². The van der Waals surface area contributed by atoms with Crippen LogP contribution in [0.25, 0.3) is 10.9 Å². The highest BCUT2D eigenvalue weighted by atomic mass is 16.5. The third-order valence-electron chi connectivity index (χ3n) is 7.13. The number of nitrogens with one attached hydrogen (secondary N) is 1. The van der Waals surface area contributed by atoms with E-state index in [1.54, 1.807) is 7.11 Å². The molecule has 1 aromatic carbocycles. The molecule has 1 saturated heterocycles. The molecule has 2 heterocycles. The van der Waals surface area contributed by atoms with Crippen molar-refractivity contribution < 1.29 is 19.0 Å². The summed E-state index contributed by atoms with van der Waals surface area (Å²) >= 11 is 0. The lowest BCUT2D eigenvalue weighted by molar-refractivity contribution is -0.133. The molecular formula is C25H33N3O4. The van der Waals surface area contributed by atoms with Crippen molar-refractivity contribution >= 4 is 23.2 Å². The monoisotopic (exact) mass is 439 g/mol. The number of hydrogen-bond acceptors (Lipinski definition) is 7. The maximum absolute atomic E-state index is 11.1. The first-order chi connectivity index (χ1) is 15.8. The van der Waals surface area contributed by atoms with Gasteiger partial charge in [-0.2, -0.15) is 0 Å². The zero-order valence-corrected chi connectivity index (χ0v) is 18.9. The molecule has 0 spiro atoms. The number of methoxy groups -OCH3 is 1. The van der Waals surface area contributed by atoms with Gasteiger partial charge in [0.05, 0.1) is 19.2 Å². The van der Waals surface area contributed by atoms with Crippen LogP contribution in [0, 0.1) is 0 Å². The number of hydrogen-bond donors (Lipinski definition) is 1. The minimum atomic E-state index is -0.244. The average Bonchev–Trinajstić information content (AvgIpc) is 3.44. The van der Waals surface area contributed by atoms with E-state index in [-0.39, 0.29) is 6.10 Å². The Morgan fingerprint density at radius 1 is 1.16 bits per heavy atom. The third-order valence-corrected chi connectivity index (χ3v) is 7.13. The number of aromatic nitrogens is 1. The van der Waals surface area contributed by atoms with Gasteiger partial charge >= 0.3 is 0 Å². The summed E-state index contributed by atoms with van der Waals surface area (Å²) in [5, 5.41) is 4.61. The predicted molar refractivity (Wildman–Crippen MR) is 124 cm³/mol. The molecule has 2 aromatic rings. The van der Waals surface area contributed by atoms with E-state index in [1.807, 2.05) is 12.1 Å². The van der Waals surface area contributed by atoms with Gasteiger partial charge in [-0.15, -0.1) is 0 Å². The first-order valence-corrected chi connectivity index (χ1v) is 12.0. The minimum absolute atomic E-state index is 0.244. The molecule has 2 aliphatic carbocycles. The van der Waals surface area contributed by atoms with Gasteiger partial charge in [-0.05, 0) is 70.5 Å². The summed E-state index contributed by atoms with van der Waals surface area (Å²) in [5.41, 5.74) is 3.07. The summed E-state index contributed by atoms with van der Waals surface area (Å²) in [6.07, 6.45) is 8.61. The Morgan fingerprint density at radius 3 is 2.72 bits per heavy atom. The highest BCUT2D eigenvalue weighted by molar-refractivity contribution is 5.90. The molecule has 0 bridgehead atoms. The number of ether oxygens (including phenoxy) is 3. The number of carbonyl (C=O) groups is 1. The Hall–Kier alpha value is -2.54. The molecule has 2 fully saturated rings. The van der Waals surface area contributed by atoms with E-state index >= 15 is 0 Å². The van der Waals surface area contributed by atoms with Gasteiger partial charge in [0, 0.05) is 35.2 Å². The number of likely N-dealkylation sites (tertiary alicyclic amines) is 1. The lowest BCUT2D eigenvalue weighted by Gasteiger charge is -2.28. The quantitative estimate of drug-likeness (QED) is 0.439. The summed E-state index contributed by atoms with van der Waals surface area (Å²) in [6.45, 7) is 4.68. The SMILES string of the molecule is COc1cc2c3c(c(NC4CCC4)nc2cc1OCCCN1CCCC1)CCC3OC=O. The zero-order valence-electron chi connectivity index (χ0n) is 18.9. The molecule has 7 nitrogen and oxygen atoms in total. The largest absolute Gasteiger partial charge is 0.493 e. The second-order valence-electron chi connectivity index (χ2n) is 9.16. The van der Waals surface area contributed by atoms with E-state index in [4.69, 9.17) is 19.2 Å². The standard InChI is InChI=1S/C25H33N3O4/c1-30-22-14-19-20(15-23(22)31-13-5-12-28-10-2-3-11-28)27-25(26-17-6-4-7-17)18-8-9-21(24(18)19)32-16-29/h14-17,21H,2-13H2,1H3,(H,26,27). The first kappa shape index (κ1) is 21.3. The molecule has 1 unspecified atom stereocenters. The predicted octanol–water partition coefficient (Wildman–Crippen LogP) is 4.23. The van der Waals surface area contributed by atoms with Crippen molar-refractivity contribution in [3.05, 3.63) is 23.3 Å². The van der Waals surface area contributed by atoms with E-state index in [9.17, 15) is 4.79 Å². The van der Waals surface area contributed by atoms with Crippen molar-refractivity contribution in [3.63, 3.8) is 0 Å². The maximum Gasteiger partial charge on any atom is 0.293 e. The van der Waals surface area contributed by atoms with Crippen molar-refractivity contribution in [2.45, 2.75) is 63.5 Å². The van der Waals surface area contributed by atoms with E-state index < -0.39 is 0 Å². The van der Waals surface area contributed by atoms with Crippen LogP contribution in [0.4, 0.5) is 5.82 Å². The van der Waals surface area contributed by atoms with Crippen LogP contribution in [0.5, 0.6) is 11.5 Å². The van der Waals surface area contributed by atoms with Crippen LogP contribution >= 0.6 is 0 Å². The summed E-state index contributed by atoms with van der Waals surface area (Å²) in [6, 6.07) is 4.46. The van der Waals surface area contributed by atoms with Gasteiger partial charge in [-0.25, -0.2) is 4.98 Å². The number of fused-ring (bicyclic) bond motifs is 3. The van der Waals surface area contributed by atoms with Gasteiger partial charge in [0.15, 0.2) is 11.5 Å². The fourth-order valence-corrected chi connectivity index (χ4v) is 5.19. The molecular weight excluding hydrogens is 406 g/mol. The number of nitrogens with zero attached hydrogens (tertiary/aromatic N) is 2. The van der Waals surface area contributed by atoms with Gasteiger partial charge in [0.25, 0.3) is 6.47 Å². The second-order valence-corrected chi connectivity index (χ2v) is 9.16. The molecule has 1 atom stereocenters. The Labute approximate surface area is 189 Å². The van der Waals surface area contributed by atoms with Crippen LogP contribution < -0.4 is 14.8 Å². The Balaban J connectivity index is 1.43. The molecule has 0 radical (unpaired) electrons. The molecule has 1 aromatic heterocycles. The molecule has 1 aliphatic heterocycles. The van der Waals surface area contributed by atoms with Crippen LogP contribution in [0.15, 0.2) is 12.1 Å². The minimum Gasteiger partial charge on any atom is -0.493 e. The van der Waals surface area contributed by atoms with Gasteiger partial charge < -0.3 is 24.4 Å². The molecule has 0 amide bonds. The molecule has 5 rings (SSSR count). The maximum atomic E-state index is 11.1. The lowest BCUT2D eigenvalue weighted by atomic mass is 9.93. The summed E-state index contributed by atoms with van der Waals surface area (Å²) in [4.78, 5) is 18.6.